The van der Waals surface area contributed by atoms with Crippen LogP contribution in [0.1, 0.15) is 12.0 Å². The van der Waals surface area contributed by atoms with Crippen LogP contribution in [0.25, 0.3) is 21.9 Å². The Bertz CT molecular complexity index is 681. The molecule has 0 fully saturated rings. The van der Waals surface area contributed by atoms with Gasteiger partial charge in [-0.2, -0.15) is 0 Å². The number of hydrogen-bond donors (Lipinski definition) is 0. The highest BCUT2D eigenvalue weighted by Crippen LogP contribution is 2.31. The molecule has 0 saturated carbocycles. The Morgan fingerprint density at radius 2 is 1.47 bits per heavy atom. The number of fused-ring (bicyclic) bond motifs is 1. The first kappa shape index (κ1) is 12.0. The summed E-state index contributed by atoms with van der Waals surface area (Å²) in [6, 6.07) is 23.7. The molecule has 0 aliphatic heterocycles. The molecule has 0 spiro atoms. The van der Waals surface area contributed by atoms with Crippen molar-refractivity contribution < 1.29 is 0 Å². The van der Waals surface area contributed by atoms with E-state index in [4.69, 9.17) is 0 Å². The molecule has 0 aliphatic carbocycles. The average Bonchev–Trinajstić information content (AvgIpc) is 2.49. The second-order valence-corrected chi connectivity index (χ2v) is 4.78. The van der Waals surface area contributed by atoms with Gasteiger partial charge in [0.15, 0.2) is 0 Å². The lowest BCUT2D eigenvalue weighted by Gasteiger charge is -2.13. The van der Waals surface area contributed by atoms with Crippen LogP contribution < -0.4 is 0 Å². The lowest BCUT2D eigenvalue weighted by Crippen LogP contribution is -1.91. The average molecular weight is 245 g/mol. The molecule has 0 amide bonds. The number of hydrogen-bond acceptors (Lipinski definition) is 0. The first-order valence-corrected chi connectivity index (χ1v) is 6.75. The Kier molecular flexibility index (Phi) is 3.33. The summed E-state index contributed by atoms with van der Waals surface area (Å²) in [7, 11) is 0. The van der Waals surface area contributed by atoms with Crippen LogP contribution in [0.5, 0.6) is 0 Å². The number of benzene rings is 3. The molecule has 0 aromatic heterocycles. The zero-order valence-corrected chi connectivity index (χ0v) is 11.0. The topological polar surface area (TPSA) is 0 Å². The third-order valence-electron chi connectivity index (χ3n) is 3.55. The highest BCUT2D eigenvalue weighted by molar-refractivity contribution is 5.91. The van der Waals surface area contributed by atoms with Gasteiger partial charge >= 0.3 is 0 Å². The van der Waals surface area contributed by atoms with E-state index >= 15 is 0 Å². The maximum atomic E-state index is 4.02. The van der Waals surface area contributed by atoms with E-state index in [2.05, 4.69) is 73.7 Å². The van der Waals surface area contributed by atoms with Gasteiger partial charge in [-0.15, -0.1) is 0 Å². The van der Waals surface area contributed by atoms with Gasteiger partial charge in [-0.25, -0.2) is 0 Å². The minimum Gasteiger partial charge on any atom is -0.0622 e. The van der Waals surface area contributed by atoms with Crippen molar-refractivity contribution in [3.8, 4) is 11.1 Å². The van der Waals surface area contributed by atoms with Crippen LogP contribution in [-0.4, -0.2) is 0 Å². The van der Waals surface area contributed by atoms with Crippen molar-refractivity contribution in [3.05, 3.63) is 79.2 Å². The first-order valence-electron chi connectivity index (χ1n) is 6.75. The lowest BCUT2D eigenvalue weighted by atomic mass is 9.92. The maximum absolute atomic E-state index is 4.02. The first-order chi connectivity index (χ1) is 9.40. The van der Waals surface area contributed by atoms with Crippen LogP contribution in [-0.2, 0) is 6.42 Å². The molecule has 0 aliphatic rings. The molecule has 0 heteroatoms. The summed E-state index contributed by atoms with van der Waals surface area (Å²) in [6.07, 6.45) is 1.94. The standard InChI is InChI=1S/C19H17/c1-2-8-19-17-12-7-6-11-16(17)13-14-18(19)15-9-4-3-5-10-15/h3-7,9-14H,1-2,8H2. The summed E-state index contributed by atoms with van der Waals surface area (Å²) in [5, 5.41) is 2.66. The summed E-state index contributed by atoms with van der Waals surface area (Å²) in [4.78, 5) is 0. The molecule has 0 unspecified atom stereocenters. The second-order valence-electron chi connectivity index (χ2n) is 4.78. The van der Waals surface area contributed by atoms with Crippen LogP contribution in [0.3, 0.4) is 0 Å². The Hall–Kier alpha value is -2.08. The van der Waals surface area contributed by atoms with Crippen molar-refractivity contribution >= 4 is 10.8 Å². The van der Waals surface area contributed by atoms with Gasteiger partial charge in [-0.05, 0) is 40.3 Å². The van der Waals surface area contributed by atoms with Crippen molar-refractivity contribution in [1.29, 1.82) is 0 Å². The molecular weight excluding hydrogens is 228 g/mol. The number of rotatable bonds is 3. The predicted molar refractivity (Wildman–Crippen MR) is 83.1 cm³/mol. The van der Waals surface area contributed by atoms with Crippen LogP contribution in [0.2, 0.25) is 0 Å². The highest BCUT2D eigenvalue weighted by atomic mass is 14.1. The van der Waals surface area contributed by atoms with E-state index in [1.807, 2.05) is 0 Å². The van der Waals surface area contributed by atoms with E-state index in [9.17, 15) is 0 Å². The molecule has 3 rings (SSSR count). The van der Waals surface area contributed by atoms with Crippen LogP contribution in [0.4, 0.5) is 0 Å². The Morgan fingerprint density at radius 1 is 0.737 bits per heavy atom. The van der Waals surface area contributed by atoms with Gasteiger partial charge in [0, 0.05) is 0 Å². The van der Waals surface area contributed by atoms with Gasteiger partial charge in [0.05, 0.1) is 0 Å². The van der Waals surface area contributed by atoms with Crippen molar-refractivity contribution in [2.75, 3.05) is 0 Å². The van der Waals surface area contributed by atoms with Crippen molar-refractivity contribution in [3.63, 3.8) is 0 Å². The molecule has 0 nitrogen and oxygen atoms in total. The molecule has 0 bridgehead atoms. The Labute approximate surface area is 114 Å². The van der Waals surface area contributed by atoms with E-state index in [1.54, 1.807) is 0 Å². The summed E-state index contributed by atoms with van der Waals surface area (Å²) >= 11 is 0. The molecule has 1 radical (unpaired) electrons. The predicted octanol–water partition coefficient (Wildman–Crippen LogP) is 5.27. The van der Waals surface area contributed by atoms with Crippen LogP contribution in [0, 0.1) is 6.92 Å². The molecule has 0 atom stereocenters. The number of aryl methyl sites for hydroxylation is 1. The van der Waals surface area contributed by atoms with Gasteiger partial charge in [0.1, 0.15) is 0 Å². The molecular formula is C19H17. The largest absolute Gasteiger partial charge is 0.0622 e. The lowest BCUT2D eigenvalue weighted by molar-refractivity contribution is 1.01. The van der Waals surface area contributed by atoms with Gasteiger partial charge < -0.3 is 0 Å². The minimum atomic E-state index is 0.924. The maximum Gasteiger partial charge on any atom is -0.0146 e. The monoisotopic (exact) mass is 245 g/mol. The molecule has 0 heterocycles. The molecule has 93 valence electrons. The molecule has 3 aromatic rings. The highest BCUT2D eigenvalue weighted by Gasteiger charge is 2.08. The van der Waals surface area contributed by atoms with E-state index in [-0.39, 0.29) is 0 Å². The summed E-state index contributed by atoms with van der Waals surface area (Å²) < 4.78 is 0. The van der Waals surface area contributed by atoms with Crippen LogP contribution >= 0.6 is 0 Å². The van der Waals surface area contributed by atoms with Crippen LogP contribution in [0.15, 0.2) is 66.7 Å². The summed E-state index contributed by atoms with van der Waals surface area (Å²) in [5.41, 5.74) is 4.04. The zero-order chi connectivity index (χ0) is 13.1. The van der Waals surface area contributed by atoms with Crippen molar-refractivity contribution in [2.45, 2.75) is 12.8 Å². The quantitative estimate of drug-likeness (QED) is 0.589. The summed E-state index contributed by atoms with van der Waals surface area (Å²) in [5.74, 6) is 0. The Morgan fingerprint density at radius 3 is 2.26 bits per heavy atom. The fourth-order valence-corrected chi connectivity index (χ4v) is 2.67. The molecule has 19 heavy (non-hydrogen) atoms. The molecule has 0 N–H and O–H groups in total. The minimum absolute atomic E-state index is 0.924. The Balaban J connectivity index is 2.27. The van der Waals surface area contributed by atoms with Gasteiger partial charge in [-0.1, -0.05) is 73.7 Å². The van der Waals surface area contributed by atoms with Gasteiger partial charge in [0.2, 0.25) is 0 Å². The van der Waals surface area contributed by atoms with Gasteiger partial charge in [0.25, 0.3) is 0 Å². The third kappa shape index (κ3) is 2.26. The second kappa shape index (κ2) is 5.27. The normalized spacial score (nSPS) is 10.8. The van der Waals surface area contributed by atoms with E-state index in [1.165, 1.54) is 27.5 Å². The van der Waals surface area contributed by atoms with E-state index in [0.717, 1.165) is 12.8 Å². The van der Waals surface area contributed by atoms with Crippen molar-refractivity contribution in [2.24, 2.45) is 0 Å². The SMILES string of the molecule is [CH2]CCc1c(-c2ccccc2)ccc2ccccc12. The molecule has 3 aromatic carbocycles. The van der Waals surface area contributed by atoms with E-state index < -0.39 is 0 Å². The smallest absolute Gasteiger partial charge is 0.0146 e. The fourth-order valence-electron chi connectivity index (χ4n) is 2.67. The fraction of sp³-hybridized carbons (Fsp3) is 0.105. The third-order valence-corrected chi connectivity index (χ3v) is 3.55. The van der Waals surface area contributed by atoms with Gasteiger partial charge in [-0.3, -0.25) is 0 Å². The molecule has 0 saturated heterocycles. The van der Waals surface area contributed by atoms with Crippen molar-refractivity contribution in [1.82, 2.24) is 0 Å². The zero-order valence-electron chi connectivity index (χ0n) is 11.0. The van der Waals surface area contributed by atoms with E-state index in [0.29, 0.717) is 0 Å². The summed E-state index contributed by atoms with van der Waals surface area (Å²) in [6.45, 7) is 4.02.